The molecule has 0 saturated carbocycles. The molecule has 21 heavy (non-hydrogen) atoms. The van der Waals surface area contributed by atoms with E-state index in [-0.39, 0.29) is 11.6 Å². The third-order valence-corrected chi connectivity index (χ3v) is 4.99. The first-order chi connectivity index (χ1) is 9.83. The molecule has 1 N–H and O–H groups in total. The molecule has 0 heterocycles. The van der Waals surface area contributed by atoms with Gasteiger partial charge in [-0.2, -0.15) is 0 Å². The summed E-state index contributed by atoms with van der Waals surface area (Å²) in [6.45, 7) is 11.9. The number of nitrogens with one attached hydrogen (secondary N) is 1. The van der Waals surface area contributed by atoms with Gasteiger partial charge < -0.3 is 15.0 Å². The molecule has 0 aromatic heterocycles. The van der Waals surface area contributed by atoms with Gasteiger partial charge in [0.05, 0.1) is 13.2 Å². The van der Waals surface area contributed by atoms with E-state index >= 15 is 0 Å². The van der Waals surface area contributed by atoms with Crippen LogP contribution in [0.3, 0.4) is 0 Å². The lowest BCUT2D eigenvalue weighted by Gasteiger charge is -2.44. The van der Waals surface area contributed by atoms with Gasteiger partial charge in [-0.25, -0.2) is 0 Å². The highest BCUT2D eigenvalue weighted by Crippen LogP contribution is 2.39. The zero-order valence-electron chi connectivity index (χ0n) is 15.0. The van der Waals surface area contributed by atoms with Gasteiger partial charge in [0.2, 0.25) is 0 Å². The van der Waals surface area contributed by atoms with E-state index in [1.165, 1.54) is 16.7 Å². The van der Waals surface area contributed by atoms with Crippen LogP contribution < -0.4 is 10.1 Å². The van der Waals surface area contributed by atoms with Gasteiger partial charge in [-0.1, -0.05) is 26.0 Å². The van der Waals surface area contributed by atoms with Crippen molar-refractivity contribution in [1.82, 2.24) is 10.2 Å². The van der Waals surface area contributed by atoms with Gasteiger partial charge in [0.25, 0.3) is 0 Å². The van der Waals surface area contributed by atoms with E-state index in [1.54, 1.807) is 7.11 Å². The first kappa shape index (κ1) is 18.0. The van der Waals surface area contributed by atoms with E-state index < -0.39 is 0 Å². The van der Waals surface area contributed by atoms with Crippen molar-refractivity contribution in [3.8, 4) is 5.75 Å². The van der Waals surface area contributed by atoms with Crippen molar-refractivity contribution in [2.45, 2.75) is 52.6 Å². The summed E-state index contributed by atoms with van der Waals surface area (Å²) in [5, 5.41) is 3.67. The van der Waals surface area contributed by atoms with Crippen LogP contribution in [0.15, 0.2) is 12.1 Å². The largest absolute Gasteiger partial charge is 0.496 e. The standard InChI is InChI=1S/C18H32N2O/c1-9-18(5,20(6)7)17(19-10-2)15-12-11-13(3)14(4)16(15)21-8/h11-12,17,19H,9-10H2,1-8H3. The quantitative estimate of drug-likeness (QED) is 0.829. The highest BCUT2D eigenvalue weighted by Gasteiger charge is 2.37. The maximum Gasteiger partial charge on any atom is 0.126 e. The summed E-state index contributed by atoms with van der Waals surface area (Å²) in [5.41, 5.74) is 3.79. The molecule has 0 aliphatic carbocycles. The molecule has 1 rings (SSSR count). The average Bonchev–Trinajstić information content (AvgIpc) is 2.46. The highest BCUT2D eigenvalue weighted by molar-refractivity contribution is 5.47. The summed E-state index contributed by atoms with van der Waals surface area (Å²) in [6, 6.07) is 4.64. The van der Waals surface area contributed by atoms with Gasteiger partial charge >= 0.3 is 0 Å². The smallest absolute Gasteiger partial charge is 0.126 e. The van der Waals surface area contributed by atoms with E-state index in [4.69, 9.17) is 4.74 Å². The van der Waals surface area contributed by atoms with Crippen LogP contribution in [0.4, 0.5) is 0 Å². The lowest BCUT2D eigenvalue weighted by atomic mass is 9.82. The third kappa shape index (κ3) is 3.41. The van der Waals surface area contributed by atoms with Crippen LogP contribution in [0.5, 0.6) is 5.75 Å². The summed E-state index contributed by atoms with van der Waals surface area (Å²) in [4.78, 5) is 2.31. The number of nitrogens with zero attached hydrogens (tertiary/aromatic N) is 1. The van der Waals surface area contributed by atoms with Crippen LogP contribution in [-0.2, 0) is 0 Å². The number of hydrogen-bond acceptors (Lipinski definition) is 3. The average molecular weight is 292 g/mol. The predicted octanol–water partition coefficient (Wildman–Crippen LogP) is 3.69. The SMILES string of the molecule is CCNC(c1ccc(C)c(C)c1OC)C(C)(CC)N(C)C. The molecule has 0 bridgehead atoms. The van der Waals surface area contributed by atoms with Crippen molar-refractivity contribution in [3.05, 3.63) is 28.8 Å². The van der Waals surface area contributed by atoms with Crippen LogP contribution in [0, 0.1) is 13.8 Å². The fraction of sp³-hybridized carbons (Fsp3) is 0.667. The molecule has 2 unspecified atom stereocenters. The second-order valence-corrected chi connectivity index (χ2v) is 6.23. The molecular weight excluding hydrogens is 260 g/mol. The Balaban J connectivity index is 3.45. The zero-order chi connectivity index (χ0) is 16.2. The molecule has 120 valence electrons. The summed E-state index contributed by atoms with van der Waals surface area (Å²) >= 11 is 0. The Labute approximate surface area is 130 Å². The molecule has 0 fully saturated rings. The Hall–Kier alpha value is -1.06. The van der Waals surface area contributed by atoms with E-state index in [0.717, 1.165) is 18.7 Å². The van der Waals surface area contributed by atoms with Crippen molar-refractivity contribution in [3.63, 3.8) is 0 Å². The second-order valence-electron chi connectivity index (χ2n) is 6.23. The van der Waals surface area contributed by atoms with Crippen LogP contribution in [0.1, 0.15) is 49.9 Å². The van der Waals surface area contributed by atoms with E-state index in [2.05, 4.69) is 71.1 Å². The topological polar surface area (TPSA) is 24.5 Å². The number of benzene rings is 1. The minimum absolute atomic E-state index is 0.0327. The Morgan fingerprint density at radius 1 is 1.24 bits per heavy atom. The second kappa shape index (κ2) is 7.28. The molecule has 0 aliphatic heterocycles. The van der Waals surface area contributed by atoms with Crippen LogP contribution in [0.2, 0.25) is 0 Å². The van der Waals surface area contributed by atoms with Crippen molar-refractivity contribution in [2.75, 3.05) is 27.7 Å². The molecule has 0 saturated heterocycles. The first-order valence-electron chi connectivity index (χ1n) is 7.88. The number of rotatable bonds is 7. The van der Waals surface area contributed by atoms with Crippen molar-refractivity contribution in [2.24, 2.45) is 0 Å². The lowest BCUT2D eigenvalue weighted by molar-refractivity contribution is 0.112. The summed E-state index contributed by atoms with van der Waals surface area (Å²) < 4.78 is 5.75. The molecule has 0 radical (unpaired) electrons. The van der Waals surface area contributed by atoms with Crippen LogP contribution in [0.25, 0.3) is 0 Å². The molecule has 3 heteroatoms. The Bertz CT molecular complexity index is 471. The lowest BCUT2D eigenvalue weighted by Crippen LogP contribution is -2.51. The van der Waals surface area contributed by atoms with Gasteiger partial charge in [0.15, 0.2) is 0 Å². The minimum atomic E-state index is 0.0327. The maximum atomic E-state index is 5.75. The molecule has 1 aromatic carbocycles. The van der Waals surface area contributed by atoms with Gasteiger partial charge in [-0.05, 0) is 59.0 Å². The zero-order valence-corrected chi connectivity index (χ0v) is 15.0. The van der Waals surface area contributed by atoms with Gasteiger partial charge in [-0.15, -0.1) is 0 Å². The molecule has 0 amide bonds. The van der Waals surface area contributed by atoms with Gasteiger partial charge in [-0.3, -0.25) is 0 Å². The number of methoxy groups -OCH3 is 1. The Morgan fingerprint density at radius 3 is 2.29 bits per heavy atom. The predicted molar refractivity (Wildman–Crippen MR) is 91.3 cm³/mol. The fourth-order valence-corrected chi connectivity index (χ4v) is 2.96. The number of hydrogen-bond donors (Lipinski definition) is 1. The summed E-state index contributed by atoms with van der Waals surface area (Å²) in [6.07, 6.45) is 1.06. The fourth-order valence-electron chi connectivity index (χ4n) is 2.96. The van der Waals surface area contributed by atoms with Crippen molar-refractivity contribution >= 4 is 0 Å². The van der Waals surface area contributed by atoms with Gasteiger partial charge in [0, 0.05) is 11.1 Å². The van der Waals surface area contributed by atoms with E-state index in [1.807, 2.05) is 0 Å². The van der Waals surface area contributed by atoms with Crippen molar-refractivity contribution < 1.29 is 4.74 Å². The number of aryl methyl sites for hydroxylation is 1. The van der Waals surface area contributed by atoms with Crippen LogP contribution >= 0.6 is 0 Å². The maximum absolute atomic E-state index is 5.75. The van der Waals surface area contributed by atoms with E-state index in [0.29, 0.717) is 0 Å². The number of likely N-dealkylation sites (N-methyl/N-ethyl adjacent to an activating group) is 2. The van der Waals surface area contributed by atoms with E-state index in [9.17, 15) is 0 Å². The molecule has 0 spiro atoms. The first-order valence-corrected chi connectivity index (χ1v) is 7.88. The minimum Gasteiger partial charge on any atom is -0.496 e. The molecule has 2 atom stereocenters. The molecule has 1 aromatic rings. The van der Waals surface area contributed by atoms with Crippen LogP contribution in [-0.4, -0.2) is 38.2 Å². The normalized spacial score (nSPS) is 15.9. The molecule has 0 aliphatic rings. The Morgan fingerprint density at radius 2 is 1.86 bits per heavy atom. The Kier molecular flexibility index (Phi) is 6.24. The van der Waals surface area contributed by atoms with Gasteiger partial charge in [0.1, 0.15) is 5.75 Å². The number of ether oxygens (including phenoxy) is 1. The molecule has 3 nitrogen and oxygen atoms in total. The summed E-state index contributed by atoms with van der Waals surface area (Å²) in [7, 11) is 6.08. The summed E-state index contributed by atoms with van der Waals surface area (Å²) in [5.74, 6) is 1.02. The van der Waals surface area contributed by atoms with Crippen molar-refractivity contribution in [1.29, 1.82) is 0 Å². The highest BCUT2D eigenvalue weighted by atomic mass is 16.5. The monoisotopic (exact) mass is 292 g/mol. The third-order valence-electron chi connectivity index (χ3n) is 4.99. The molecular formula is C18H32N2O.